The van der Waals surface area contributed by atoms with Crippen molar-refractivity contribution in [2.24, 2.45) is 11.3 Å². The molecule has 2 N–H and O–H groups in total. The van der Waals surface area contributed by atoms with Gasteiger partial charge in [-0.3, -0.25) is 9.59 Å². The normalized spacial score (nSPS) is 14.1. The van der Waals surface area contributed by atoms with Gasteiger partial charge in [0.25, 0.3) is 5.91 Å². The molecule has 190 valence electrons. The van der Waals surface area contributed by atoms with Gasteiger partial charge in [0, 0.05) is 50.5 Å². The molecule has 0 unspecified atom stereocenters. The highest BCUT2D eigenvalue weighted by atomic mass is 16.5. The molecule has 2 aromatic rings. The Bertz CT molecular complexity index is 1020. The summed E-state index contributed by atoms with van der Waals surface area (Å²) in [4.78, 5) is 30.2. The van der Waals surface area contributed by atoms with Gasteiger partial charge in [0.15, 0.2) is 0 Å². The van der Waals surface area contributed by atoms with Crippen molar-refractivity contribution >= 4 is 28.9 Å². The summed E-state index contributed by atoms with van der Waals surface area (Å²) in [6.07, 6.45) is 0.411. The van der Waals surface area contributed by atoms with Crippen LogP contribution >= 0.6 is 0 Å². The van der Waals surface area contributed by atoms with Gasteiger partial charge >= 0.3 is 0 Å². The van der Waals surface area contributed by atoms with Crippen molar-refractivity contribution in [3.05, 3.63) is 48.0 Å². The van der Waals surface area contributed by atoms with E-state index in [9.17, 15) is 9.59 Å². The quantitative estimate of drug-likeness (QED) is 0.569. The number of piperazine rings is 1. The van der Waals surface area contributed by atoms with E-state index in [0.717, 1.165) is 43.3 Å². The number of methoxy groups -OCH3 is 1. The summed E-state index contributed by atoms with van der Waals surface area (Å²) < 4.78 is 5.54. The fourth-order valence-corrected chi connectivity index (χ4v) is 4.23. The lowest BCUT2D eigenvalue weighted by atomic mass is 9.92. The number of ether oxygens (including phenoxy) is 1. The van der Waals surface area contributed by atoms with Gasteiger partial charge in [-0.1, -0.05) is 46.8 Å². The van der Waals surface area contributed by atoms with E-state index in [-0.39, 0.29) is 17.2 Å². The molecule has 1 saturated heterocycles. The van der Waals surface area contributed by atoms with Gasteiger partial charge in [-0.15, -0.1) is 0 Å². The minimum Gasteiger partial charge on any atom is -0.495 e. The third-order valence-electron chi connectivity index (χ3n) is 5.93. The maximum absolute atomic E-state index is 13.2. The van der Waals surface area contributed by atoms with Crippen molar-refractivity contribution < 1.29 is 14.3 Å². The summed E-state index contributed by atoms with van der Waals surface area (Å²) in [5.41, 5.74) is 3.10. The molecule has 7 nitrogen and oxygen atoms in total. The van der Waals surface area contributed by atoms with Gasteiger partial charge in [-0.05, 0) is 41.7 Å². The molecule has 0 aliphatic carbocycles. The molecule has 0 bridgehead atoms. The van der Waals surface area contributed by atoms with Crippen LogP contribution in [-0.2, 0) is 4.79 Å². The zero-order chi connectivity index (χ0) is 25.6. The van der Waals surface area contributed by atoms with Crippen molar-refractivity contribution in [3.8, 4) is 5.75 Å². The van der Waals surface area contributed by atoms with Gasteiger partial charge in [-0.2, -0.15) is 0 Å². The van der Waals surface area contributed by atoms with Crippen LogP contribution < -0.4 is 25.2 Å². The number of benzene rings is 2. The van der Waals surface area contributed by atoms with Crippen LogP contribution in [0.3, 0.4) is 0 Å². The molecule has 1 aliphatic heterocycles. The van der Waals surface area contributed by atoms with Crippen LogP contribution in [0.15, 0.2) is 42.5 Å². The van der Waals surface area contributed by atoms with Crippen molar-refractivity contribution in [1.29, 1.82) is 0 Å². The van der Waals surface area contributed by atoms with Crippen molar-refractivity contribution in [1.82, 2.24) is 5.32 Å². The Kier molecular flexibility index (Phi) is 8.65. The molecule has 1 heterocycles. The molecule has 3 rings (SSSR count). The minimum absolute atomic E-state index is 0.0517. The van der Waals surface area contributed by atoms with Crippen molar-refractivity contribution in [2.45, 2.75) is 41.0 Å². The molecule has 1 fully saturated rings. The van der Waals surface area contributed by atoms with E-state index >= 15 is 0 Å². The lowest BCUT2D eigenvalue weighted by Crippen LogP contribution is -2.47. The number of para-hydroxylation sites is 2. The summed E-state index contributed by atoms with van der Waals surface area (Å²) >= 11 is 0. The molecule has 1 aliphatic rings. The van der Waals surface area contributed by atoms with E-state index in [0.29, 0.717) is 30.1 Å². The molecule has 0 saturated carbocycles. The van der Waals surface area contributed by atoms with Gasteiger partial charge in [-0.25, -0.2) is 0 Å². The Balaban J connectivity index is 1.79. The Morgan fingerprint density at radius 3 is 2.20 bits per heavy atom. The lowest BCUT2D eigenvalue weighted by molar-refractivity contribution is -0.117. The summed E-state index contributed by atoms with van der Waals surface area (Å²) in [6, 6.07) is 13.7. The highest BCUT2D eigenvalue weighted by Gasteiger charge is 2.24. The maximum Gasteiger partial charge on any atom is 0.253 e. The van der Waals surface area contributed by atoms with Crippen LogP contribution in [0.1, 0.15) is 51.4 Å². The number of rotatable bonds is 8. The van der Waals surface area contributed by atoms with E-state index in [2.05, 4.69) is 40.3 Å². The Hall–Kier alpha value is -3.22. The molecule has 0 spiro atoms. The van der Waals surface area contributed by atoms with Gasteiger partial charge in [0.2, 0.25) is 5.91 Å². The average Bonchev–Trinajstić information content (AvgIpc) is 2.81. The summed E-state index contributed by atoms with van der Waals surface area (Å²) in [5.74, 6) is 1.04. The Labute approximate surface area is 209 Å². The van der Waals surface area contributed by atoms with Crippen LogP contribution in [0, 0.1) is 11.3 Å². The Morgan fingerprint density at radius 2 is 1.60 bits per heavy atom. The zero-order valence-electron chi connectivity index (χ0n) is 22.0. The molecule has 0 aromatic heterocycles. The maximum atomic E-state index is 13.2. The number of nitrogens with one attached hydrogen (secondary N) is 2. The fourth-order valence-electron chi connectivity index (χ4n) is 4.23. The van der Waals surface area contributed by atoms with E-state index < -0.39 is 0 Å². The number of hydrogen-bond donors (Lipinski definition) is 2. The molecule has 2 amide bonds. The van der Waals surface area contributed by atoms with Crippen LogP contribution in [0.2, 0.25) is 0 Å². The number of nitrogens with zero attached hydrogens (tertiary/aromatic N) is 2. The number of carbonyl (C=O) groups is 2. The first-order valence-corrected chi connectivity index (χ1v) is 12.4. The largest absolute Gasteiger partial charge is 0.495 e. The van der Waals surface area contributed by atoms with Crippen LogP contribution in [0.25, 0.3) is 0 Å². The first kappa shape index (κ1) is 26.4. The smallest absolute Gasteiger partial charge is 0.253 e. The van der Waals surface area contributed by atoms with Crippen LogP contribution in [-0.4, -0.2) is 51.6 Å². The van der Waals surface area contributed by atoms with Crippen LogP contribution in [0.5, 0.6) is 5.75 Å². The third-order valence-corrected chi connectivity index (χ3v) is 5.93. The average molecular weight is 481 g/mol. The number of amides is 2. The fraction of sp³-hybridized carbons (Fsp3) is 0.500. The lowest BCUT2D eigenvalue weighted by Gasteiger charge is -2.38. The predicted octanol–water partition coefficient (Wildman–Crippen LogP) is 4.78. The van der Waals surface area contributed by atoms with Crippen molar-refractivity contribution in [3.63, 3.8) is 0 Å². The summed E-state index contributed by atoms with van der Waals surface area (Å²) in [5, 5.41) is 6.01. The molecule has 35 heavy (non-hydrogen) atoms. The SMILES string of the molecule is COc1ccccc1N1CCN(c2ccc(NC(=O)CC(C)(C)C)cc2C(=O)NCC(C)C)CC1. The van der Waals surface area contributed by atoms with E-state index in [1.807, 2.05) is 51.1 Å². The Morgan fingerprint density at radius 1 is 0.971 bits per heavy atom. The highest BCUT2D eigenvalue weighted by Crippen LogP contribution is 2.31. The summed E-state index contributed by atoms with van der Waals surface area (Å²) in [7, 11) is 1.69. The van der Waals surface area contributed by atoms with Crippen LogP contribution in [0.4, 0.5) is 17.1 Å². The monoisotopic (exact) mass is 480 g/mol. The molecule has 7 heteroatoms. The van der Waals surface area contributed by atoms with Gasteiger partial charge < -0.3 is 25.2 Å². The number of hydrogen-bond acceptors (Lipinski definition) is 5. The molecular weight excluding hydrogens is 440 g/mol. The second-order valence-corrected chi connectivity index (χ2v) is 10.8. The van der Waals surface area contributed by atoms with E-state index in [1.54, 1.807) is 13.2 Å². The molecule has 2 aromatic carbocycles. The molecule has 0 radical (unpaired) electrons. The topological polar surface area (TPSA) is 73.9 Å². The standard InChI is InChI=1S/C28H40N4O3/c1-20(2)19-29-27(34)22-17-21(30-26(33)18-28(3,4)5)11-12-23(22)31-13-15-32(16-14-31)24-9-7-8-10-25(24)35-6/h7-12,17,20H,13-16,18-19H2,1-6H3,(H,29,34)(H,30,33). The zero-order valence-corrected chi connectivity index (χ0v) is 22.0. The minimum atomic E-state index is -0.118. The van der Waals surface area contributed by atoms with E-state index in [1.165, 1.54) is 0 Å². The van der Waals surface area contributed by atoms with Gasteiger partial charge in [0.1, 0.15) is 5.75 Å². The van der Waals surface area contributed by atoms with Gasteiger partial charge in [0.05, 0.1) is 18.4 Å². The second kappa shape index (κ2) is 11.5. The molecule has 0 atom stereocenters. The first-order valence-electron chi connectivity index (χ1n) is 12.4. The van der Waals surface area contributed by atoms with Crippen molar-refractivity contribution in [2.75, 3.05) is 55.0 Å². The second-order valence-electron chi connectivity index (χ2n) is 10.8. The third kappa shape index (κ3) is 7.38. The number of carbonyl (C=O) groups excluding carboxylic acids is 2. The van der Waals surface area contributed by atoms with E-state index in [4.69, 9.17) is 4.74 Å². The summed E-state index contributed by atoms with van der Waals surface area (Å²) in [6.45, 7) is 14.0. The number of anilines is 3. The highest BCUT2D eigenvalue weighted by molar-refractivity contribution is 6.02. The predicted molar refractivity (Wildman–Crippen MR) is 144 cm³/mol. The molecular formula is C28H40N4O3. The first-order chi connectivity index (χ1) is 16.6.